The number of hydrogen-bond donors (Lipinski definition) is 1. The van der Waals surface area contributed by atoms with Gasteiger partial charge in [-0.15, -0.1) is 0 Å². The van der Waals surface area contributed by atoms with Crippen LogP contribution < -0.4 is 25.3 Å². The highest BCUT2D eigenvalue weighted by atomic mass is 16.5. The number of carbonyl (C=O) groups excluding carboxylic acids is 1. The molecule has 2 aromatic carbocycles. The van der Waals surface area contributed by atoms with E-state index in [1.807, 2.05) is 31.2 Å². The largest absolute Gasteiger partial charge is 0.496 e. The average Bonchev–Trinajstić information content (AvgIpc) is 3.12. The minimum Gasteiger partial charge on any atom is -0.496 e. The number of carbonyl (C=O) groups is 1. The maximum atomic E-state index is 12.6. The number of methoxy groups -OCH3 is 3. The SMILES string of the molecule is COc1ccc(-c2noc(=O)n2CC(=O)NC(C)c2ccccc2OC)cc1OC. The molecule has 1 N–H and O–H groups in total. The molecular formula is C21H23N3O6. The number of nitrogens with zero attached hydrogens (tertiary/aromatic N) is 2. The molecule has 158 valence electrons. The fourth-order valence-electron chi connectivity index (χ4n) is 3.12. The first-order valence-electron chi connectivity index (χ1n) is 9.19. The highest BCUT2D eigenvalue weighted by Gasteiger charge is 2.19. The molecule has 0 aliphatic carbocycles. The zero-order valence-corrected chi connectivity index (χ0v) is 17.2. The summed E-state index contributed by atoms with van der Waals surface area (Å²) in [5.74, 6) is 0.757. The molecule has 30 heavy (non-hydrogen) atoms. The molecule has 0 spiro atoms. The second-order valence-corrected chi connectivity index (χ2v) is 6.46. The summed E-state index contributed by atoms with van der Waals surface area (Å²) in [6, 6.07) is 12.1. The van der Waals surface area contributed by atoms with E-state index >= 15 is 0 Å². The lowest BCUT2D eigenvalue weighted by Crippen LogP contribution is -2.33. The minimum absolute atomic E-state index is 0.209. The molecule has 9 heteroatoms. The monoisotopic (exact) mass is 413 g/mol. The van der Waals surface area contributed by atoms with Crippen molar-refractivity contribution in [3.63, 3.8) is 0 Å². The molecule has 9 nitrogen and oxygen atoms in total. The Kier molecular flexibility index (Phi) is 6.41. The first-order chi connectivity index (χ1) is 14.5. The van der Waals surface area contributed by atoms with Crippen LogP contribution in [0.15, 0.2) is 51.8 Å². The molecule has 0 aliphatic heterocycles. The van der Waals surface area contributed by atoms with Crippen LogP contribution in [0.5, 0.6) is 17.2 Å². The summed E-state index contributed by atoms with van der Waals surface area (Å²) in [7, 11) is 4.60. The summed E-state index contributed by atoms with van der Waals surface area (Å²) in [5, 5.41) is 6.68. The van der Waals surface area contributed by atoms with Gasteiger partial charge in [-0.05, 0) is 31.2 Å². The Hall–Kier alpha value is -3.75. The summed E-state index contributed by atoms with van der Waals surface area (Å²) in [6.07, 6.45) is 0. The van der Waals surface area contributed by atoms with Gasteiger partial charge in [-0.3, -0.25) is 9.32 Å². The van der Waals surface area contributed by atoms with Gasteiger partial charge in [0.1, 0.15) is 12.3 Å². The van der Waals surface area contributed by atoms with Gasteiger partial charge in [0.2, 0.25) is 5.91 Å². The van der Waals surface area contributed by atoms with Crippen molar-refractivity contribution in [3.8, 4) is 28.6 Å². The third-order valence-corrected chi connectivity index (χ3v) is 4.61. The Morgan fingerprint density at radius 1 is 1.07 bits per heavy atom. The molecule has 1 unspecified atom stereocenters. The van der Waals surface area contributed by atoms with E-state index in [-0.39, 0.29) is 24.3 Å². The Morgan fingerprint density at radius 3 is 2.47 bits per heavy atom. The van der Waals surface area contributed by atoms with E-state index in [2.05, 4.69) is 10.5 Å². The molecule has 0 saturated heterocycles. The minimum atomic E-state index is -0.736. The van der Waals surface area contributed by atoms with Crippen LogP contribution in [0.25, 0.3) is 11.4 Å². The second kappa shape index (κ2) is 9.17. The van der Waals surface area contributed by atoms with E-state index in [1.165, 1.54) is 14.2 Å². The number of ether oxygens (including phenoxy) is 3. The Bertz CT molecular complexity index is 1090. The van der Waals surface area contributed by atoms with E-state index in [4.69, 9.17) is 18.7 Å². The maximum absolute atomic E-state index is 12.6. The molecule has 1 amide bonds. The topological polar surface area (TPSA) is 105 Å². The van der Waals surface area contributed by atoms with Crippen molar-refractivity contribution < 1.29 is 23.5 Å². The van der Waals surface area contributed by atoms with Crippen molar-refractivity contribution in [3.05, 3.63) is 58.6 Å². The molecule has 3 aromatic rings. The fourth-order valence-corrected chi connectivity index (χ4v) is 3.12. The van der Waals surface area contributed by atoms with Gasteiger partial charge in [-0.25, -0.2) is 9.36 Å². The van der Waals surface area contributed by atoms with E-state index in [0.29, 0.717) is 22.8 Å². The van der Waals surface area contributed by atoms with Crippen molar-refractivity contribution in [1.29, 1.82) is 0 Å². The molecule has 1 heterocycles. The maximum Gasteiger partial charge on any atom is 0.442 e. The summed E-state index contributed by atoms with van der Waals surface area (Å²) >= 11 is 0. The predicted molar refractivity (Wildman–Crippen MR) is 109 cm³/mol. The normalized spacial score (nSPS) is 11.6. The van der Waals surface area contributed by atoms with Crippen molar-refractivity contribution in [2.45, 2.75) is 19.5 Å². The van der Waals surface area contributed by atoms with Crippen molar-refractivity contribution in [2.75, 3.05) is 21.3 Å². The predicted octanol–water partition coefficient (Wildman–Crippen LogP) is 2.41. The summed E-state index contributed by atoms with van der Waals surface area (Å²) in [4.78, 5) is 24.8. The van der Waals surface area contributed by atoms with E-state index in [1.54, 1.807) is 25.3 Å². The summed E-state index contributed by atoms with van der Waals surface area (Å²) in [5.41, 5.74) is 1.37. The highest BCUT2D eigenvalue weighted by molar-refractivity contribution is 5.77. The Balaban J connectivity index is 1.82. The lowest BCUT2D eigenvalue weighted by molar-refractivity contribution is -0.122. The van der Waals surface area contributed by atoms with Crippen LogP contribution >= 0.6 is 0 Å². The van der Waals surface area contributed by atoms with Gasteiger partial charge in [0.15, 0.2) is 17.3 Å². The zero-order chi connectivity index (χ0) is 21.7. The van der Waals surface area contributed by atoms with E-state index in [0.717, 1.165) is 10.1 Å². The zero-order valence-electron chi connectivity index (χ0n) is 17.2. The third kappa shape index (κ3) is 4.29. The fraction of sp³-hybridized carbons (Fsp3) is 0.286. The lowest BCUT2D eigenvalue weighted by Gasteiger charge is -2.17. The second-order valence-electron chi connectivity index (χ2n) is 6.46. The molecule has 0 radical (unpaired) electrons. The van der Waals surface area contributed by atoms with Crippen LogP contribution in [0.1, 0.15) is 18.5 Å². The van der Waals surface area contributed by atoms with Crippen LogP contribution in [-0.4, -0.2) is 37.0 Å². The molecule has 0 fully saturated rings. The van der Waals surface area contributed by atoms with Gasteiger partial charge in [-0.2, -0.15) is 0 Å². The van der Waals surface area contributed by atoms with Crippen LogP contribution in [0.2, 0.25) is 0 Å². The van der Waals surface area contributed by atoms with Gasteiger partial charge in [0, 0.05) is 11.1 Å². The van der Waals surface area contributed by atoms with Gasteiger partial charge in [0.25, 0.3) is 0 Å². The van der Waals surface area contributed by atoms with E-state index in [9.17, 15) is 9.59 Å². The van der Waals surface area contributed by atoms with Crippen molar-refractivity contribution in [2.24, 2.45) is 0 Å². The number of aromatic nitrogens is 2. The first kappa shape index (κ1) is 21.0. The van der Waals surface area contributed by atoms with Gasteiger partial charge in [0.05, 0.1) is 27.4 Å². The molecule has 0 aliphatic rings. The molecule has 3 rings (SSSR count). The number of hydrogen-bond acceptors (Lipinski definition) is 7. The first-order valence-corrected chi connectivity index (χ1v) is 9.19. The van der Waals surface area contributed by atoms with Gasteiger partial charge >= 0.3 is 5.76 Å². The van der Waals surface area contributed by atoms with E-state index < -0.39 is 5.76 Å². The number of para-hydroxylation sites is 1. The van der Waals surface area contributed by atoms with Gasteiger partial charge < -0.3 is 19.5 Å². The standard InChI is InChI=1S/C21H23N3O6/c1-13(15-7-5-6-8-16(15)27-2)22-19(25)12-24-20(23-30-21(24)26)14-9-10-17(28-3)18(11-14)29-4/h5-11,13H,12H2,1-4H3,(H,22,25). The number of nitrogens with one attached hydrogen (secondary N) is 1. The van der Waals surface area contributed by atoms with Crippen molar-refractivity contribution >= 4 is 5.91 Å². The molecule has 1 aromatic heterocycles. The van der Waals surface area contributed by atoms with Crippen LogP contribution in [0.4, 0.5) is 0 Å². The molecule has 0 bridgehead atoms. The van der Waals surface area contributed by atoms with Crippen molar-refractivity contribution in [1.82, 2.24) is 15.0 Å². The molecular weight excluding hydrogens is 390 g/mol. The third-order valence-electron chi connectivity index (χ3n) is 4.61. The molecule has 1 atom stereocenters. The van der Waals surface area contributed by atoms with Crippen LogP contribution in [-0.2, 0) is 11.3 Å². The quantitative estimate of drug-likeness (QED) is 0.605. The Labute approximate surface area is 173 Å². The average molecular weight is 413 g/mol. The molecule has 0 saturated carbocycles. The summed E-state index contributed by atoms with van der Waals surface area (Å²) < 4.78 is 21.8. The smallest absolute Gasteiger partial charge is 0.442 e. The van der Waals surface area contributed by atoms with Crippen LogP contribution in [0, 0.1) is 0 Å². The lowest BCUT2D eigenvalue weighted by atomic mass is 10.1. The number of benzene rings is 2. The highest BCUT2D eigenvalue weighted by Crippen LogP contribution is 2.31. The summed E-state index contributed by atoms with van der Waals surface area (Å²) in [6.45, 7) is 1.58. The number of amides is 1. The Morgan fingerprint density at radius 2 is 1.77 bits per heavy atom. The number of rotatable bonds is 8. The van der Waals surface area contributed by atoms with Gasteiger partial charge in [-0.1, -0.05) is 23.4 Å². The van der Waals surface area contributed by atoms with Crippen LogP contribution in [0.3, 0.4) is 0 Å².